The van der Waals surface area contributed by atoms with Gasteiger partial charge < -0.3 is 5.32 Å². The highest BCUT2D eigenvalue weighted by molar-refractivity contribution is 7.88. The van der Waals surface area contributed by atoms with E-state index in [1.807, 2.05) is 30.3 Å². The molecule has 0 spiro atoms. The lowest BCUT2D eigenvalue weighted by Crippen LogP contribution is -2.43. The summed E-state index contributed by atoms with van der Waals surface area (Å²) in [4.78, 5) is 12.6. The number of sulfonamides is 1. The molecule has 1 N–H and O–H groups in total. The molecule has 1 amide bonds. The van der Waals surface area contributed by atoms with E-state index < -0.39 is 10.0 Å². The Balaban J connectivity index is 1.99. The maximum atomic E-state index is 12.6. The van der Waals surface area contributed by atoms with Crippen molar-refractivity contribution in [1.82, 2.24) is 9.62 Å². The van der Waals surface area contributed by atoms with E-state index in [1.165, 1.54) is 10.6 Å². The van der Waals surface area contributed by atoms with Gasteiger partial charge >= 0.3 is 0 Å². The van der Waals surface area contributed by atoms with Crippen LogP contribution in [0.25, 0.3) is 0 Å². The molecular weight excluding hydrogens is 324 g/mol. The van der Waals surface area contributed by atoms with E-state index in [-0.39, 0.29) is 17.9 Å². The van der Waals surface area contributed by atoms with Crippen molar-refractivity contribution in [3.63, 3.8) is 0 Å². The number of hydrogen-bond acceptors (Lipinski definition) is 3. The highest BCUT2D eigenvalue weighted by atomic mass is 32.2. The molecule has 1 aliphatic rings. The molecule has 0 unspecified atom stereocenters. The van der Waals surface area contributed by atoms with Crippen LogP contribution in [0.2, 0.25) is 0 Å². The monoisotopic (exact) mass is 352 g/mol. The summed E-state index contributed by atoms with van der Waals surface area (Å²) < 4.78 is 24.6. The molecule has 0 bridgehead atoms. The molecular formula is C18H28N2O3S. The number of amides is 1. The van der Waals surface area contributed by atoms with Crippen molar-refractivity contribution in [2.75, 3.05) is 19.3 Å². The highest BCUT2D eigenvalue weighted by Crippen LogP contribution is 2.24. The SMILES string of the molecule is CC(C)C[C@@H](NC(=O)C1CCN(S(C)(=O)=O)CC1)c1ccccc1. The average molecular weight is 353 g/mol. The van der Waals surface area contributed by atoms with Gasteiger partial charge in [0.05, 0.1) is 12.3 Å². The van der Waals surface area contributed by atoms with Gasteiger partial charge in [-0.15, -0.1) is 0 Å². The molecule has 2 rings (SSSR count). The Kier molecular flexibility index (Phi) is 6.40. The Morgan fingerprint density at radius 1 is 1.21 bits per heavy atom. The Labute approximate surface area is 145 Å². The van der Waals surface area contributed by atoms with E-state index in [2.05, 4.69) is 19.2 Å². The Morgan fingerprint density at radius 2 is 1.79 bits per heavy atom. The number of nitrogens with zero attached hydrogens (tertiary/aromatic N) is 1. The first-order valence-electron chi connectivity index (χ1n) is 8.58. The van der Waals surface area contributed by atoms with E-state index in [0.29, 0.717) is 31.8 Å². The van der Waals surface area contributed by atoms with Gasteiger partial charge in [-0.25, -0.2) is 12.7 Å². The first-order chi connectivity index (χ1) is 11.3. The summed E-state index contributed by atoms with van der Waals surface area (Å²) in [6.07, 6.45) is 3.28. The Morgan fingerprint density at radius 3 is 2.29 bits per heavy atom. The largest absolute Gasteiger partial charge is 0.349 e. The minimum Gasteiger partial charge on any atom is -0.349 e. The molecule has 5 nitrogen and oxygen atoms in total. The van der Waals surface area contributed by atoms with Crippen LogP contribution in [0.1, 0.15) is 44.7 Å². The summed E-state index contributed by atoms with van der Waals surface area (Å²) in [5.74, 6) is 0.404. The summed E-state index contributed by atoms with van der Waals surface area (Å²) in [5, 5.41) is 3.18. The fourth-order valence-electron chi connectivity index (χ4n) is 3.17. The van der Waals surface area contributed by atoms with Crippen molar-refractivity contribution in [3.05, 3.63) is 35.9 Å². The second-order valence-electron chi connectivity index (χ2n) is 7.04. The number of nitrogens with one attached hydrogen (secondary N) is 1. The smallest absolute Gasteiger partial charge is 0.223 e. The predicted molar refractivity (Wildman–Crippen MR) is 95.9 cm³/mol. The molecule has 1 fully saturated rings. The number of piperidine rings is 1. The number of benzene rings is 1. The predicted octanol–water partition coefficient (Wildman–Crippen LogP) is 2.56. The lowest BCUT2D eigenvalue weighted by atomic mass is 9.93. The van der Waals surface area contributed by atoms with Gasteiger partial charge in [-0.3, -0.25) is 4.79 Å². The van der Waals surface area contributed by atoms with Gasteiger partial charge in [0, 0.05) is 19.0 Å². The van der Waals surface area contributed by atoms with Gasteiger partial charge in [0.15, 0.2) is 0 Å². The molecule has 6 heteroatoms. The first kappa shape index (κ1) is 18.9. The molecule has 1 saturated heterocycles. The molecule has 1 aromatic rings. The van der Waals surface area contributed by atoms with E-state index in [1.54, 1.807) is 0 Å². The van der Waals surface area contributed by atoms with E-state index >= 15 is 0 Å². The van der Waals surface area contributed by atoms with Gasteiger partial charge in [0.25, 0.3) is 0 Å². The molecule has 0 saturated carbocycles. The summed E-state index contributed by atoms with van der Waals surface area (Å²) in [6.45, 7) is 5.15. The summed E-state index contributed by atoms with van der Waals surface area (Å²) >= 11 is 0. The average Bonchev–Trinajstić information content (AvgIpc) is 2.54. The lowest BCUT2D eigenvalue weighted by molar-refractivity contribution is -0.127. The third-order valence-electron chi connectivity index (χ3n) is 4.52. The van der Waals surface area contributed by atoms with E-state index in [4.69, 9.17) is 0 Å². The maximum Gasteiger partial charge on any atom is 0.223 e. The zero-order chi connectivity index (χ0) is 17.7. The third-order valence-corrected chi connectivity index (χ3v) is 5.82. The van der Waals surface area contributed by atoms with Crippen LogP contribution in [0.3, 0.4) is 0 Å². The summed E-state index contributed by atoms with van der Waals surface area (Å²) in [7, 11) is -3.16. The van der Waals surface area contributed by atoms with Gasteiger partial charge in [0.1, 0.15) is 0 Å². The van der Waals surface area contributed by atoms with Gasteiger partial charge in [-0.1, -0.05) is 44.2 Å². The van der Waals surface area contributed by atoms with Crippen molar-refractivity contribution in [2.45, 2.75) is 39.2 Å². The van der Waals surface area contributed by atoms with Crippen LogP contribution >= 0.6 is 0 Å². The van der Waals surface area contributed by atoms with Crippen LogP contribution in [-0.4, -0.2) is 38.0 Å². The molecule has 0 aromatic heterocycles. The van der Waals surface area contributed by atoms with Gasteiger partial charge in [0.2, 0.25) is 15.9 Å². The van der Waals surface area contributed by atoms with Crippen molar-refractivity contribution in [3.8, 4) is 0 Å². The molecule has 1 atom stereocenters. The molecule has 1 aromatic carbocycles. The zero-order valence-electron chi connectivity index (χ0n) is 14.7. The van der Waals surface area contributed by atoms with Crippen molar-refractivity contribution in [1.29, 1.82) is 0 Å². The number of rotatable bonds is 6. The maximum absolute atomic E-state index is 12.6. The summed E-state index contributed by atoms with van der Waals surface area (Å²) in [5.41, 5.74) is 1.12. The van der Waals surface area contributed by atoms with Crippen LogP contribution in [0.4, 0.5) is 0 Å². The van der Waals surface area contributed by atoms with Crippen molar-refractivity contribution in [2.24, 2.45) is 11.8 Å². The van der Waals surface area contributed by atoms with Crippen molar-refractivity contribution < 1.29 is 13.2 Å². The van der Waals surface area contributed by atoms with Crippen LogP contribution in [0.15, 0.2) is 30.3 Å². The molecule has 1 heterocycles. The summed E-state index contributed by atoms with van der Waals surface area (Å²) in [6, 6.07) is 10.0. The highest BCUT2D eigenvalue weighted by Gasteiger charge is 2.30. The molecule has 24 heavy (non-hydrogen) atoms. The minimum atomic E-state index is -3.16. The minimum absolute atomic E-state index is 0.00615. The number of hydrogen-bond donors (Lipinski definition) is 1. The standard InChI is InChI=1S/C18H28N2O3S/c1-14(2)13-17(15-7-5-4-6-8-15)19-18(21)16-9-11-20(12-10-16)24(3,22)23/h4-8,14,16-17H,9-13H2,1-3H3,(H,19,21)/t17-/m1/s1. The second-order valence-corrected chi connectivity index (χ2v) is 9.02. The van der Waals surface area contributed by atoms with E-state index in [0.717, 1.165) is 12.0 Å². The number of carbonyl (C=O) groups excluding carboxylic acids is 1. The van der Waals surface area contributed by atoms with Crippen molar-refractivity contribution >= 4 is 15.9 Å². The zero-order valence-corrected chi connectivity index (χ0v) is 15.6. The Bertz CT molecular complexity index is 635. The topological polar surface area (TPSA) is 66.5 Å². The van der Waals surface area contributed by atoms with Gasteiger partial charge in [-0.2, -0.15) is 0 Å². The molecule has 1 aliphatic heterocycles. The fraction of sp³-hybridized carbons (Fsp3) is 0.611. The lowest BCUT2D eigenvalue weighted by Gasteiger charge is -2.31. The second kappa shape index (κ2) is 8.12. The normalized spacial score (nSPS) is 18.5. The van der Waals surface area contributed by atoms with Gasteiger partial charge in [-0.05, 0) is 30.7 Å². The molecule has 134 valence electrons. The molecule has 0 radical (unpaired) electrons. The van der Waals surface area contributed by atoms with E-state index in [9.17, 15) is 13.2 Å². The van der Waals surface area contributed by atoms with Crippen LogP contribution in [-0.2, 0) is 14.8 Å². The first-order valence-corrected chi connectivity index (χ1v) is 10.4. The van der Waals surface area contributed by atoms with Crippen LogP contribution in [0.5, 0.6) is 0 Å². The third kappa shape index (κ3) is 5.31. The van der Waals surface area contributed by atoms with Crippen LogP contribution < -0.4 is 5.32 Å². The molecule has 0 aliphatic carbocycles. The Hall–Kier alpha value is -1.40. The fourth-order valence-corrected chi connectivity index (χ4v) is 4.05. The quantitative estimate of drug-likeness (QED) is 0.856. The number of carbonyl (C=O) groups is 1. The van der Waals surface area contributed by atoms with Crippen LogP contribution in [0, 0.1) is 11.8 Å².